The molecule has 0 bridgehead atoms. The lowest BCUT2D eigenvalue weighted by Gasteiger charge is -2.35. The molecule has 2 unspecified atom stereocenters. The van der Waals surface area contributed by atoms with Gasteiger partial charge in [-0.25, -0.2) is 4.39 Å². The third-order valence-corrected chi connectivity index (χ3v) is 5.90. The third-order valence-electron chi connectivity index (χ3n) is 5.90. The van der Waals surface area contributed by atoms with Crippen molar-refractivity contribution in [2.24, 2.45) is 10.9 Å². The van der Waals surface area contributed by atoms with Gasteiger partial charge in [0.05, 0.1) is 19.3 Å². The van der Waals surface area contributed by atoms with E-state index in [0.717, 1.165) is 50.9 Å². The molecule has 2 fully saturated rings. The summed E-state index contributed by atoms with van der Waals surface area (Å²) in [6.45, 7) is 10.7. The molecule has 2 aliphatic rings. The van der Waals surface area contributed by atoms with Gasteiger partial charge in [-0.05, 0) is 49.5 Å². The van der Waals surface area contributed by atoms with E-state index >= 15 is 0 Å². The second kappa shape index (κ2) is 13.4. The highest BCUT2D eigenvalue weighted by Gasteiger charge is 2.24. The number of guanidine groups is 1. The highest BCUT2D eigenvalue weighted by atomic mass is 127. The number of aliphatic imine (C=N–C) groups is 1. The molecule has 0 spiro atoms. The molecule has 2 aliphatic heterocycles. The molecule has 6 nitrogen and oxygen atoms in total. The van der Waals surface area contributed by atoms with Crippen LogP contribution in [0.4, 0.5) is 4.39 Å². The van der Waals surface area contributed by atoms with Crippen LogP contribution in [-0.2, 0) is 4.74 Å². The number of hydrogen-bond donors (Lipinski definition) is 2. The van der Waals surface area contributed by atoms with Gasteiger partial charge in [0.25, 0.3) is 0 Å². The first-order chi connectivity index (χ1) is 14.2. The van der Waals surface area contributed by atoms with Gasteiger partial charge in [0.1, 0.15) is 5.82 Å². The molecule has 1 aromatic rings. The Morgan fingerprint density at radius 2 is 1.93 bits per heavy atom. The lowest BCUT2D eigenvalue weighted by atomic mass is 10.0. The SMILES string of the molecule is CCCN1CCC(CNC(=NC)NCC(c2ccc(F)cc2)N2CCOCC2)C1.I. The molecule has 8 heteroatoms. The maximum atomic E-state index is 13.4. The molecule has 2 atom stereocenters. The number of benzene rings is 1. The van der Waals surface area contributed by atoms with Crippen molar-refractivity contribution in [3.63, 3.8) is 0 Å². The fraction of sp³-hybridized carbons (Fsp3) is 0.682. The Balaban J connectivity index is 0.00000320. The summed E-state index contributed by atoms with van der Waals surface area (Å²) >= 11 is 0. The number of halogens is 2. The summed E-state index contributed by atoms with van der Waals surface area (Å²) in [5.41, 5.74) is 1.11. The first-order valence-corrected chi connectivity index (χ1v) is 10.9. The van der Waals surface area contributed by atoms with Gasteiger partial charge in [0, 0.05) is 39.8 Å². The van der Waals surface area contributed by atoms with E-state index < -0.39 is 0 Å². The second-order valence-electron chi connectivity index (χ2n) is 8.01. The molecule has 30 heavy (non-hydrogen) atoms. The second-order valence-corrected chi connectivity index (χ2v) is 8.01. The maximum Gasteiger partial charge on any atom is 0.191 e. The van der Waals surface area contributed by atoms with Crippen molar-refractivity contribution >= 4 is 29.9 Å². The standard InChI is InChI=1S/C22H36FN5O.HI/c1-3-9-27-10-8-18(17-27)15-25-22(24-2)26-16-21(28-11-13-29-14-12-28)19-4-6-20(23)7-5-19;/h4-7,18,21H,3,8-17H2,1-2H3,(H2,24,25,26);1H. The highest BCUT2D eigenvalue weighted by molar-refractivity contribution is 14.0. The lowest BCUT2D eigenvalue weighted by Crippen LogP contribution is -2.47. The van der Waals surface area contributed by atoms with Gasteiger partial charge < -0.3 is 20.3 Å². The largest absolute Gasteiger partial charge is 0.379 e. The van der Waals surface area contributed by atoms with Crippen molar-refractivity contribution in [3.8, 4) is 0 Å². The number of rotatable bonds is 8. The number of hydrogen-bond acceptors (Lipinski definition) is 4. The molecule has 0 radical (unpaired) electrons. The summed E-state index contributed by atoms with van der Waals surface area (Å²) in [4.78, 5) is 9.35. The zero-order valence-corrected chi connectivity index (χ0v) is 20.6. The van der Waals surface area contributed by atoms with Crippen molar-refractivity contribution in [1.82, 2.24) is 20.4 Å². The van der Waals surface area contributed by atoms with Crippen LogP contribution in [0.25, 0.3) is 0 Å². The van der Waals surface area contributed by atoms with Crippen LogP contribution in [-0.4, -0.2) is 81.8 Å². The fourth-order valence-electron chi connectivity index (χ4n) is 4.29. The Labute approximate surface area is 197 Å². The number of nitrogens with zero attached hydrogens (tertiary/aromatic N) is 3. The van der Waals surface area contributed by atoms with E-state index in [-0.39, 0.29) is 35.8 Å². The summed E-state index contributed by atoms with van der Waals surface area (Å²) in [6.07, 6.45) is 2.46. The number of ether oxygens (including phenoxy) is 1. The summed E-state index contributed by atoms with van der Waals surface area (Å²) in [5.74, 6) is 1.31. The number of nitrogens with one attached hydrogen (secondary N) is 2. The van der Waals surface area contributed by atoms with Crippen molar-refractivity contribution in [3.05, 3.63) is 35.6 Å². The van der Waals surface area contributed by atoms with Gasteiger partial charge in [-0.1, -0.05) is 19.1 Å². The minimum atomic E-state index is -0.200. The van der Waals surface area contributed by atoms with Crippen molar-refractivity contribution in [1.29, 1.82) is 0 Å². The minimum Gasteiger partial charge on any atom is -0.379 e. The molecule has 0 aromatic heterocycles. The van der Waals surface area contributed by atoms with Gasteiger partial charge in [-0.3, -0.25) is 9.89 Å². The van der Waals surface area contributed by atoms with E-state index in [0.29, 0.717) is 5.92 Å². The quantitative estimate of drug-likeness (QED) is 0.306. The Morgan fingerprint density at radius 1 is 1.20 bits per heavy atom. The molecule has 2 N–H and O–H groups in total. The van der Waals surface area contributed by atoms with Crippen LogP contribution in [0.15, 0.2) is 29.3 Å². The average molecular weight is 533 g/mol. The Kier molecular flexibility index (Phi) is 11.3. The minimum absolute atomic E-state index is 0. The molecule has 0 saturated carbocycles. The Morgan fingerprint density at radius 3 is 2.60 bits per heavy atom. The molecule has 0 aliphatic carbocycles. The fourth-order valence-corrected chi connectivity index (χ4v) is 4.29. The molecule has 2 saturated heterocycles. The van der Waals surface area contributed by atoms with Crippen LogP contribution in [0, 0.1) is 11.7 Å². The topological polar surface area (TPSA) is 52.1 Å². The number of likely N-dealkylation sites (tertiary alicyclic amines) is 1. The zero-order chi connectivity index (χ0) is 20.5. The monoisotopic (exact) mass is 533 g/mol. The van der Waals surface area contributed by atoms with Gasteiger partial charge >= 0.3 is 0 Å². The van der Waals surface area contributed by atoms with E-state index in [1.807, 2.05) is 19.2 Å². The van der Waals surface area contributed by atoms with Crippen LogP contribution >= 0.6 is 24.0 Å². The highest BCUT2D eigenvalue weighted by Crippen LogP contribution is 2.22. The molecule has 0 amide bonds. The molecule has 2 heterocycles. The summed E-state index contributed by atoms with van der Waals surface area (Å²) < 4.78 is 18.9. The lowest BCUT2D eigenvalue weighted by molar-refractivity contribution is 0.0170. The molecular weight excluding hydrogens is 496 g/mol. The molecular formula is C22H37FIN5O. The predicted octanol–water partition coefficient (Wildman–Crippen LogP) is 2.71. The van der Waals surface area contributed by atoms with Crippen LogP contribution < -0.4 is 10.6 Å². The van der Waals surface area contributed by atoms with E-state index in [1.54, 1.807) is 0 Å². The summed E-state index contributed by atoms with van der Waals surface area (Å²) in [7, 11) is 1.81. The van der Waals surface area contributed by atoms with Crippen molar-refractivity contribution < 1.29 is 9.13 Å². The summed E-state index contributed by atoms with van der Waals surface area (Å²) in [6, 6.07) is 7.00. The van der Waals surface area contributed by atoms with E-state index in [4.69, 9.17) is 4.74 Å². The number of morpholine rings is 1. The zero-order valence-electron chi connectivity index (χ0n) is 18.3. The maximum absolute atomic E-state index is 13.4. The predicted molar refractivity (Wildman–Crippen MR) is 131 cm³/mol. The summed E-state index contributed by atoms with van der Waals surface area (Å²) in [5, 5.41) is 6.99. The smallest absolute Gasteiger partial charge is 0.191 e. The van der Waals surface area contributed by atoms with Crippen LogP contribution in [0.5, 0.6) is 0 Å². The van der Waals surface area contributed by atoms with E-state index in [2.05, 4.69) is 32.3 Å². The first kappa shape index (κ1) is 25.3. The third kappa shape index (κ3) is 7.62. The van der Waals surface area contributed by atoms with Crippen molar-refractivity contribution in [2.45, 2.75) is 25.8 Å². The Hall–Kier alpha value is -0.970. The van der Waals surface area contributed by atoms with Crippen molar-refractivity contribution in [2.75, 3.05) is 66.1 Å². The first-order valence-electron chi connectivity index (χ1n) is 10.9. The van der Waals surface area contributed by atoms with Crippen LogP contribution in [0.1, 0.15) is 31.4 Å². The van der Waals surface area contributed by atoms with Crippen LogP contribution in [0.3, 0.4) is 0 Å². The molecule has 1 aromatic carbocycles. The molecule has 3 rings (SSSR count). The average Bonchev–Trinajstić information content (AvgIpc) is 3.20. The van der Waals surface area contributed by atoms with Gasteiger partial charge in [-0.15, -0.1) is 24.0 Å². The normalized spacial score (nSPS) is 21.8. The van der Waals surface area contributed by atoms with Gasteiger partial charge in [0.15, 0.2) is 5.96 Å². The van der Waals surface area contributed by atoms with Gasteiger partial charge in [0.2, 0.25) is 0 Å². The Bertz CT molecular complexity index is 639. The van der Waals surface area contributed by atoms with E-state index in [9.17, 15) is 4.39 Å². The molecule has 170 valence electrons. The van der Waals surface area contributed by atoms with Crippen LogP contribution in [0.2, 0.25) is 0 Å². The van der Waals surface area contributed by atoms with Gasteiger partial charge in [-0.2, -0.15) is 0 Å². The van der Waals surface area contributed by atoms with E-state index in [1.165, 1.54) is 44.6 Å².